The van der Waals surface area contributed by atoms with Gasteiger partial charge < -0.3 is 19.9 Å². The Hall–Kier alpha value is -3.38. The molecule has 4 rings (SSSR count). The number of likely N-dealkylation sites (tertiary alicyclic amines) is 1. The molecule has 1 unspecified atom stereocenters. The van der Waals surface area contributed by atoms with Crippen molar-refractivity contribution in [2.24, 2.45) is 0 Å². The van der Waals surface area contributed by atoms with Crippen LogP contribution in [0.5, 0.6) is 0 Å². The highest BCUT2D eigenvalue weighted by molar-refractivity contribution is 6.46. The maximum Gasteiger partial charge on any atom is 0.295 e. The number of aliphatic hydroxyl groups excluding tert-OH is 1. The van der Waals surface area contributed by atoms with Gasteiger partial charge in [-0.25, -0.2) is 0 Å². The minimum atomic E-state index is -0.641. The highest BCUT2D eigenvalue weighted by Crippen LogP contribution is 2.41. The van der Waals surface area contributed by atoms with E-state index >= 15 is 0 Å². The first-order valence-electron chi connectivity index (χ1n) is 10.4. The molecule has 0 saturated carbocycles. The van der Waals surface area contributed by atoms with Crippen molar-refractivity contribution in [2.75, 3.05) is 27.2 Å². The van der Waals surface area contributed by atoms with Gasteiger partial charge in [0.15, 0.2) is 0 Å². The third kappa shape index (κ3) is 3.86. The highest BCUT2D eigenvalue weighted by Gasteiger charge is 2.46. The molecular weight excluding hydrogens is 390 g/mol. The Balaban J connectivity index is 1.85. The zero-order valence-corrected chi connectivity index (χ0v) is 18.1. The van der Waals surface area contributed by atoms with Crippen molar-refractivity contribution in [1.29, 1.82) is 0 Å². The normalized spacial score (nSPS) is 18.5. The molecule has 0 aliphatic carbocycles. The first kappa shape index (κ1) is 20.9. The van der Waals surface area contributed by atoms with Crippen LogP contribution in [0.1, 0.15) is 29.2 Å². The van der Waals surface area contributed by atoms with E-state index in [1.165, 1.54) is 0 Å². The number of aromatic amines is 1. The molecule has 1 aliphatic rings. The van der Waals surface area contributed by atoms with Crippen molar-refractivity contribution < 1.29 is 14.7 Å². The van der Waals surface area contributed by atoms with Crippen LogP contribution in [0.15, 0.2) is 60.3 Å². The fraction of sp³-hybridized carbons (Fsp3) is 0.280. The molecule has 6 nitrogen and oxygen atoms in total. The molecule has 2 heterocycles. The number of amides is 1. The number of para-hydroxylation sites is 1. The lowest BCUT2D eigenvalue weighted by molar-refractivity contribution is -0.139. The van der Waals surface area contributed by atoms with Gasteiger partial charge in [-0.05, 0) is 40.1 Å². The van der Waals surface area contributed by atoms with Gasteiger partial charge in [0.2, 0.25) is 0 Å². The average molecular weight is 418 g/mol. The Morgan fingerprint density at radius 1 is 1.10 bits per heavy atom. The van der Waals surface area contributed by atoms with Crippen LogP contribution in [0.2, 0.25) is 0 Å². The van der Waals surface area contributed by atoms with Gasteiger partial charge in [0.05, 0.1) is 11.6 Å². The van der Waals surface area contributed by atoms with Crippen LogP contribution in [0.25, 0.3) is 16.7 Å². The Bertz CT molecular complexity index is 1160. The lowest BCUT2D eigenvalue weighted by Gasteiger charge is -2.25. The number of nitrogens with one attached hydrogen (secondary N) is 1. The number of hydrogen-bond acceptors (Lipinski definition) is 4. The number of aromatic nitrogens is 1. The zero-order valence-electron chi connectivity index (χ0n) is 18.1. The maximum absolute atomic E-state index is 13.1. The second-order valence-electron chi connectivity index (χ2n) is 8.30. The summed E-state index contributed by atoms with van der Waals surface area (Å²) in [5.41, 5.74) is 3.46. The second kappa shape index (κ2) is 8.40. The number of ketones is 1. The lowest BCUT2D eigenvalue weighted by Crippen LogP contribution is -2.32. The number of fused-ring (bicyclic) bond motifs is 1. The van der Waals surface area contributed by atoms with Crippen LogP contribution in [-0.4, -0.2) is 58.8 Å². The average Bonchev–Trinajstić information content (AvgIpc) is 3.28. The van der Waals surface area contributed by atoms with E-state index in [0.29, 0.717) is 12.1 Å². The molecule has 1 aliphatic heterocycles. The van der Waals surface area contributed by atoms with Gasteiger partial charge in [-0.3, -0.25) is 9.59 Å². The standard InChI is InChI=1S/C25H27N3O3/c1-16-9-11-17(12-10-16)23(29)21-22(19-15-26-20-8-5-4-7-18(19)20)28(25(31)24(21)30)14-6-13-27(2)3/h4-5,7-12,15,22,26,29H,6,13-14H2,1-3H3/b23-21+. The van der Waals surface area contributed by atoms with E-state index in [4.69, 9.17) is 0 Å². The zero-order chi connectivity index (χ0) is 22.1. The van der Waals surface area contributed by atoms with E-state index in [9.17, 15) is 14.7 Å². The number of aryl methyl sites for hydroxylation is 1. The Morgan fingerprint density at radius 2 is 1.81 bits per heavy atom. The molecule has 160 valence electrons. The maximum atomic E-state index is 13.1. The predicted molar refractivity (Wildman–Crippen MR) is 122 cm³/mol. The number of H-pyrrole nitrogens is 1. The van der Waals surface area contributed by atoms with Crippen LogP contribution in [0.4, 0.5) is 0 Å². The summed E-state index contributed by atoms with van der Waals surface area (Å²) in [4.78, 5) is 33.0. The molecule has 31 heavy (non-hydrogen) atoms. The van der Waals surface area contributed by atoms with Gasteiger partial charge >= 0.3 is 0 Å². The number of hydrogen-bond donors (Lipinski definition) is 2. The topological polar surface area (TPSA) is 76.6 Å². The molecule has 1 atom stereocenters. The van der Waals surface area contributed by atoms with Crippen LogP contribution in [-0.2, 0) is 9.59 Å². The summed E-state index contributed by atoms with van der Waals surface area (Å²) in [6, 6.07) is 14.4. The number of carbonyl (C=O) groups excluding carboxylic acids is 2. The molecule has 2 aromatic carbocycles. The van der Waals surface area contributed by atoms with E-state index in [1.807, 2.05) is 68.5 Å². The molecule has 3 aromatic rings. The monoisotopic (exact) mass is 417 g/mol. The van der Waals surface area contributed by atoms with E-state index < -0.39 is 17.7 Å². The molecule has 6 heteroatoms. The van der Waals surface area contributed by atoms with Crippen molar-refractivity contribution in [1.82, 2.24) is 14.8 Å². The minimum Gasteiger partial charge on any atom is -0.507 e. The summed E-state index contributed by atoms with van der Waals surface area (Å²) in [5, 5.41) is 12.1. The molecule has 1 saturated heterocycles. The molecule has 0 radical (unpaired) electrons. The van der Waals surface area contributed by atoms with Gasteiger partial charge in [-0.1, -0.05) is 48.0 Å². The van der Waals surface area contributed by atoms with Crippen molar-refractivity contribution in [3.63, 3.8) is 0 Å². The largest absolute Gasteiger partial charge is 0.507 e. The Kier molecular flexibility index (Phi) is 5.65. The summed E-state index contributed by atoms with van der Waals surface area (Å²) < 4.78 is 0. The second-order valence-corrected chi connectivity index (χ2v) is 8.30. The van der Waals surface area contributed by atoms with Gasteiger partial charge in [0, 0.05) is 34.8 Å². The van der Waals surface area contributed by atoms with Gasteiger partial charge in [0.25, 0.3) is 11.7 Å². The summed E-state index contributed by atoms with van der Waals surface area (Å²) >= 11 is 0. The summed E-state index contributed by atoms with van der Waals surface area (Å²) in [7, 11) is 3.95. The third-order valence-electron chi connectivity index (χ3n) is 5.79. The van der Waals surface area contributed by atoms with Crippen LogP contribution in [0.3, 0.4) is 0 Å². The molecule has 0 bridgehead atoms. The number of aliphatic hydroxyl groups is 1. The lowest BCUT2D eigenvalue weighted by atomic mass is 9.94. The molecule has 1 aromatic heterocycles. The first-order valence-corrected chi connectivity index (χ1v) is 10.4. The smallest absolute Gasteiger partial charge is 0.295 e. The van der Waals surface area contributed by atoms with E-state index in [1.54, 1.807) is 17.0 Å². The third-order valence-corrected chi connectivity index (χ3v) is 5.79. The quantitative estimate of drug-likeness (QED) is 0.363. The molecule has 0 spiro atoms. The number of nitrogens with zero attached hydrogens (tertiary/aromatic N) is 2. The number of carbonyl (C=O) groups is 2. The number of Topliss-reactive ketones (excluding diaryl/α,β-unsaturated/α-hetero) is 1. The summed E-state index contributed by atoms with van der Waals surface area (Å²) in [6.45, 7) is 3.18. The first-order chi connectivity index (χ1) is 14.9. The predicted octanol–water partition coefficient (Wildman–Crippen LogP) is 3.85. The van der Waals surface area contributed by atoms with Crippen LogP contribution >= 0.6 is 0 Å². The number of rotatable bonds is 6. The Labute approximate surface area is 181 Å². The highest BCUT2D eigenvalue weighted by atomic mass is 16.3. The van der Waals surface area contributed by atoms with E-state index in [2.05, 4.69) is 4.98 Å². The SMILES string of the molecule is Cc1ccc(/C(O)=C2\C(=O)C(=O)N(CCCN(C)C)C2c2c[nH]c3ccccc23)cc1. The summed E-state index contributed by atoms with van der Waals surface area (Å²) in [5.74, 6) is -1.34. The van der Waals surface area contributed by atoms with Crippen molar-refractivity contribution in [2.45, 2.75) is 19.4 Å². The fourth-order valence-electron chi connectivity index (χ4n) is 4.18. The molecule has 1 amide bonds. The van der Waals surface area contributed by atoms with E-state index in [-0.39, 0.29) is 11.3 Å². The van der Waals surface area contributed by atoms with Crippen molar-refractivity contribution >= 4 is 28.4 Å². The number of benzene rings is 2. The van der Waals surface area contributed by atoms with Crippen molar-refractivity contribution in [3.05, 3.63) is 77.0 Å². The van der Waals surface area contributed by atoms with Gasteiger partial charge in [-0.15, -0.1) is 0 Å². The van der Waals surface area contributed by atoms with Crippen LogP contribution in [0, 0.1) is 6.92 Å². The van der Waals surface area contributed by atoms with Crippen molar-refractivity contribution in [3.8, 4) is 0 Å². The summed E-state index contributed by atoms with van der Waals surface area (Å²) in [6.07, 6.45) is 2.56. The van der Waals surface area contributed by atoms with Gasteiger partial charge in [0.1, 0.15) is 5.76 Å². The minimum absolute atomic E-state index is 0.135. The van der Waals surface area contributed by atoms with Gasteiger partial charge in [-0.2, -0.15) is 0 Å². The molecule has 2 N–H and O–H groups in total. The molecule has 1 fully saturated rings. The van der Waals surface area contributed by atoms with Crippen LogP contribution < -0.4 is 0 Å². The fourth-order valence-corrected chi connectivity index (χ4v) is 4.18. The Morgan fingerprint density at radius 3 is 2.52 bits per heavy atom. The van der Waals surface area contributed by atoms with E-state index in [0.717, 1.165) is 35.0 Å². The molecular formula is C25H27N3O3.